The minimum absolute atomic E-state index is 0.261. The van der Waals surface area contributed by atoms with Gasteiger partial charge in [0.2, 0.25) is 5.82 Å². The van der Waals surface area contributed by atoms with Gasteiger partial charge in [-0.1, -0.05) is 20.8 Å². The van der Waals surface area contributed by atoms with E-state index in [4.69, 9.17) is 0 Å². The maximum absolute atomic E-state index is 13.4. The molecule has 0 saturated carbocycles. The van der Waals surface area contributed by atoms with E-state index in [1.165, 1.54) is 0 Å². The lowest BCUT2D eigenvalue weighted by Crippen LogP contribution is -2.17. The summed E-state index contributed by atoms with van der Waals surface area (Å²) >= 11 is 0. The molecule has 0 atom stereocenters. The van der Waals surface area contributed by atoms with E-state index >= 15 is 0 Å². The number of amides is 1. The monoisotopic (exact) mass is 298 g/mol. The molecule has 0 unspecified atom stereocenters. The number of halogens is 3. The summed E-state index contributed by atoms with van der Waals surface area (Å²) in [6.45, 7) is 5.57. The molecule has 0 radical (unpaired) electrons. The van der Waals surface area contributed by atoms with E-state index in [0.717, 1.165) is 0 Å². The predicted octanol–water partition coefficient (Wildman–Crippen LogP) is 2.77. The summed E-state index contributed by atoms with van der Waals surface area (Å²) < 4.78 is 39.7. The Morgan fingerprint density at radius 3 is 2.24 bits per heavy atom. The van der Waals surface area contributed by atoms with E-state index in [-0.39, 0.29) is 11.2 Å². The van der Waals surface area contributed by atoms with E-state index in [0.29, 0.717) is 18.0 Å². The van der Waals surface area contributed by atoms with Crippen LogP contribution in [0.5, 0.6) is 0 Å². The Hall–Kier alpha value is -2.38. The van der Waals surface area contributed by atoms with Crippen molar-refractivity contribution in [1.82, 2.24) is 15.2 Å². The highest BCUT2D eigenvalue weighted by Gasteiger charge is 2.22. The van der Waals surface area contributed by atoms with Crippen LogP contribution in [0.15, 0.2) is 12.1 Å². The molecule has 2 N–H and O–H groups in total. The lowest BCUT2D eigenvalue weighted by molar-refractivity contribution is 0.101. The molecule has 0 saturated heterocycles. The summed E-state index contributed by atoms with van der Waals surface area (Å²) in [5.41, 5.74) is -1.11. The summed E-state index contributed by atoms with van der Waals surface area (Å²) in [5.74, 6) is -4.21. The predicted molar refractivity (Wildman–Crippen MR) is 69.4 cm³/mol. The summed E-state index contributed by atoms with van der Waals surface area (Å²) in [6, 6.07) is 0.939. The molecule has 112 valence electrons. The fraction of sp³-hybridized carbons (Fsp3) is 0.308. The van der Waals surface area contributed by atoms with Crippen LogP contribution < -0.4 is 5.32 Å². The average Bonchev–Trinajstić information content (AvgIpc) is 2.82. The van der Waals surface area contributed by atoms with Gasteiger partial charge in [-0.2, -0.15) is 0 Å². The zero-order chi connectivity index (χ0) is 15.8. The Labute approximate surface area is 118 Å². The first kappa shape index (κ1) is 15.0. The molecule has 0 fully saturated rings. The Morgan fingerprint density at radius 1 is 1.19 bits per heavy atom. The number of carbonyl (C=O) groups excluding carboxylic acids is 1. The van der Waals surface area contributed by atoms with Crippen molar-refractivity contribution < 1.29 is 18.0 Å². The van der Waals surface area contributed by atoms with Crippen LogP contribution in [-0.4, -0.2) is 21.1 Å². The third kappa shape index (κ3) is 3.21. The van der Waals surface area contributed by atoms with E-state index < -0.39 is 29.0 Å². The lowest BCUT2D eigenvalue weighted by Gasteiger charge is -2.12. The highest BCUT2D eigenvalue weighted by atomic mass is 19.1. The third-order valence-corrected chi connectivity index (χ3v) is 2.64. The molecule has 8 heteroatoms. The van der Waals surface area contributed by atoms with Crippen molar-refractivity contribution in [2.24, 2.45) is 0 Å². The summed E-state index contributed by atoms with van der Waals surface area (Å²) in [6.07, 6.45) is 0. The van der Waals surface area contributed by atoms with Crippen LogP contribution in [-0.2, 0) is 5.41 Å². The Morgan fingerprint density at radius 2 is 1.76 bits per heavy atom. The van der Waals surface area contributed by atoms with Gasteiger partial charge >= 0.3 is 0 Å². The van der Waals surface area contributed by atoms with Gasteiger partial charge in [0.15, 0.2) is 11.6 Å². The van der Waals surface area contributed by atoms with Crippen LogP contribution in [0.4, 0.5) is 18.9 Å². The molecule has 0 spiro atoms. The number of hydrogen-bond acceptors (Lipinski definition) is 3. The van der Waals surface area contributed by atoms with Gasteiger partial charge in [0.05, 0.1) is 0 Å². The molecule has 2 aromatic rings. The van der Waals surface area contributed by atoms with Gasteiger partial charge in [-0.15, -0.1) is 5.10 Å². The van der Waals surface area contributed by atoms with Gasteiger partial charge < -0.3 is 5.32 Å². The Balaban J connectivity index is 2.25. The maximum atomic E-state index is 13.4. The minimum Gasteiger partial charge on any atom is -0.314 e. The molecule has 0 aliphatic heterocycles. The van der Waals surface area contributed by atoms with Crippen LogP contribution in [0.1, 0.15) is 37.2 Å². The van der Waals surface area contributed by atoms with Crippen molar-refractivity contribution >= 4 is 11.6 Å². The molecular weight excluding hydrogens is 285 g/mol. The molecule has 0 aliphatic rings. The second-order valence-corrected chi connectivity index (χ2v) is 5.46. The highest BCUT2D eigenvalue weighted by molar-refractivity contribution is 6.01. The Kier molecular flexibility index (Phi) is 3.71. The normalized spacial score (nSPS) is 11.5. The molecule has 0 bridgehead atoms. The van der Waals surface area contributed by atoms with Crippen molar-refractivity contribution in [2.75, 3.05) is 5.32 Å². The second-order valence-electron chi connectivity index (χ2n) is 5.46. The minimum atomic E-state index is -1.22. The van der Waals surface area contributed by atoms with Crippen LogP contribution in [0.3, 0.4) is 0 Å². The maximum Gasteiger partial charge on any atom is 0.295 e. The van der Waals surface area contributed by atoms with Gasteiger partial charge in [0.1, 0.15) is 17.3 Å². The van der Waals surface area contributed by atoms with Gasteiger partial charge in [0.25, 0.3) is 5.91 Å². The van der Waals surface area contributed by atoms with Crippen molar-refractivity contribution in [3.8, 4) is 0 Å². The number of rotatable bonds is 2. The number of carbonyl (C=O) groups is 1. The fourth-order valence-electron chi connectivity index (χ4n) is 1.53. The average molecular weight is 298 g/mol. The second kappa shape index (κ2) is 5.19. The number of benzene rings is 1. The van der Waals surface area contributed by atoms with Crippen LogP contribution >= 0.6 is 0 Å². The van der Waals surface area contributed by atoms with Gasteiger partial charge in [-0.3, -0.25) is 9.89 Å². The summed E-state index contributed by atoms with van der Waals surface area (Å²) in [7, 11) is 0. The summed E-state index contributed by atoms with van der Waals surface area (Å²) in [4.78, 5) is 15.8. The van der Waals surface area contributed by atoms with Crippen LogP contribution in [0.25, 0.3) is 0 Å². The number of nitrogens with one attached hydrogen (secondary N) is 2. The van der Waals surface area contributed by atoms with Crippen molar-refractivity contribution in [3.05, 3.63) is 41.2 Å². The van der Waals surface area contributed by atoms with Gasteiger partial charge in [-0.25, -0.2) is 18.2 Å². The molecular formula is C13H13F3N4O. The van der Waals surface area contributed by atoms with E-state index in [2.05, 4.69) is 15.2 Å². The van der Waals surface area contributed by atoms with Gasteiger partial charge in [0, 0.05) is 17.5 Å². The van der Waals surface area contributed by atoms with E-state index in [9.17, 15) is 18.0 Å². The highest BCUT2D eigenvalue weighted by Crippen LogP contribution is 2.21. The topological polar surface area (TPSA) is 70.7 Å². The molecule has 0 aliphatic carbocycles. The molecule has 2 rings (SSSR count). The van der Waals surface area contributed by atoms with Crippen molar-refractivity contribution in [1.29, 1.82) is 0 Å². The molecule has 1 aromatic heterocycles. The molecule has 1 aromatic carbocycles. The first-order chi connectivity index (χ1) is 9.68. The third-order valence-electron chi connectivity index (χ3n) is 2.64. The van der Waals surface area contributed by atoms with Crippen molar-refractivity contribution in [2.45, 2.75) is 26.2 Å². The molecule has 21 heavy (non-hydrogen) atoms. The summed E-state index contributed by atoms with van der Waals surface area (Å²) in [5, 5.41) is 8.26. The molecule has 1 heterocycles. The fourth-order valence-corrected chi connectivity index (χ4v) is 1.53. The quantitative estimate of drug-likeness (QED) is 0.895. The van der Waals surface area contributed by atoms with Gasteiger partial charge in [-0.05, 0) is 0 Å². The first-order valence-electron chi connectivity index (χ1n) is 6.07. The lowest BCUT2D eigenvalue weighted by atomic mass is 9.96. The number of aromatic amines is 1. The Bertz CT molecular complexity index is 668. The van der Waals surface area contributed by atoms with E-state index in [1.807, 2.05) is 26.1 Å². The first-order valence-corrected chi connectivity index (χ1v) is 6.07. The van der Waals surface area contributed by atoms with Crippen molar-refractivity contribution in [3.63, 3.8) is 0 Å². The zero-order valence-corrected chi connectivity index (χ0v) is 11.6. The van der Waals surface area contributed by atoms with E-state index in [1.54, 1.807) is 0 Å². The number of aromatic nitrogens is 3. The smallest absolute Gasteiger partial charge is 0.295 e. The van der Waals surface area contributed by atoms with Crippen LogP contribution in [0, 0.1) is 17.5 Å². The van der Waals surface area contributed by atoms with Crippen LogP contribution in [0.2, 0.25) is 0 Å². The molecule has 5 nitrogen and oxygen atoms in total. The SMILES string of the molecule is CC(C)(C)c1nc(C(=O)Nc2c(F)cc(F)cc2F)n[nH]1. The largest absolute Gasteiger partial charge is 0.314 e. The standard InChI is InChI=1S/C13H13F3N4O/c1-13(2,3)12-18-10(19-20-12)11(21)17-9-7(15)4-6(14)5-8(9)16/h4-5H,1-3H3,(H,17,21)(H,18,19,20). The number of nitrogens with zero attached hydrogens (tertiary/aromatic N) is 2. The number of H-pyrrole nitrogens is 1. The zero-order valence-electron chi connectivity index (χ0n) is 11.6. The molecule has 1 amide bonds. The number of hydrogen-bond donors (Lipinski definition) is 2. The number of anilines is 1.